The van der Waals surface area contributed by atoms with E-state index < -0.39 is 0 Å². The molecule has 0 atom stereocenters. The van der Waals surface area contributed by atoms with Crippen molar-refractivity contribution in [1.29, 1.82) is 0 Å². The second-order valence-corrected chi connectivity index (χ2v) is 6.88. The van der Waals surface area contributed by atoms with Gasteiger partial charge in [0.15, 0.2) is 0 Å². The summed E-state index contributed by atoms with van der Waals surface area (Å²) in [5, 5.41) is 2.55. The fourth-order valence-electron chi connectivity index (χ4n) is 2.34. The van der Waals surface area contributed by atoms with Crippen molar-refractivity contribution >= 4 is 22.9 Å². The molecule has 0 unspecified atom stereocenters. The highest BCUT2D eigenvalue weighted by Gasteiger charge is 2.02. The number of allylic oxidation sites excluding steroid dienone is 1. The lowest BCUT2D eigenvalue weighted by Gasteiger charge is -2.10. The molecule has 0 saturated carbocycles. The van der Waals surface area contributed by atoms with Gasteiger partial charge in [-0.05, 0) is 27.3 Å². The topological polar surface area (TPSA) is 0 Å². The van der Waals surface area contributed by atoms with Crippen LogP contribution < -0.4 is 0 Å². The maximum Gasteiger partial charge on any atom is -0.0112 e. The van der Waals surface area contributed by atoms with Crippen molar-refractivity contribution in [3.8, 4) is 0 Å². The van der Waals surface area contributed by atoms with Crippen LogP contribution in [-0.2, 0) is 0 Å². The van der Waals surface area contributed by atoms with E-state index in [1.807, 2.05) is 12.1 Å². The van der Waals surface area contributed by atoms with Gasteiger partial charge >= 0.3 is 0 Å². The van der Waals surface area contributed by atoms with Crippen molar-refractivity contribution in [3.05, 3.63) is 96.6 Å². The third-order valence-electron chi connectivity index (χ3n) is 3.62. The number of fused-ring (bicyclic) bond motifs is 1. The molecule has 122 valence electrons. The van der Waals surface area contributed by atoms with Crippen molar-refractivity contribution in [2.75, 3.05) is 0 Å². The molecule has 0 amide bonds. The summed E-state index contributed by atoms with van der Waals surface area (Å²) in [5.74, 6) is 0. The van der Waals surface area contributed by atoms with Crippen LogP contribution in [0.25, 0.3) is 22.9 Å². The Hall–Kier alpha value is -2.60. The Morgan fingerprint density at radius 3 is 2.04 bits per heavy atom. The molecule has 0 saturated heterocycles. The summed E-state index contributed by atoms with van der Waals surface area (Å²) < 4.78 is 0. The lowest BCUT2D eigenvalue weighted by atomic mass is 9.95. The standard InChI is InChI=1S/C12H10.C12H16/c1-2-10-7-5-8-11-6-3-4-9-12(10)11;1-12(2,3)10-9-11-7-5-4-6-8-11/h2-9H,1H2;4-10H,1-3H3. The van der Waals surface area contributed by atoms with E-state index in [0.717, 1.165) is 0 Å². The Bertz CT molecular complexity index is 797. The Labute approximate surface area is 146 Å². The molecule has 0 aromatic heterocycles. The van der Waals surface area contributed by atoms with Gasteiger partial charge in [-0.2, -0.15) is 0 Å². The van der Waals surface area contributed by atoms with Crippen LogP contribution in [0.3, 0.4) is 0 Å². The zero-order valence-electron chi connectivity index (χ0n) is 14.9. The van der Waals surface area contributed by atoms with Crippen LogP contribution in [0.2, 0.25) is 0 Å². The van der Waals surface area contributed by atoms with Gasteiger partial charge in [-0.1, -0.05) is 118 Å². The minimum atomic E-state index is 0.274. The van der Waals surface area contributed by atoms with Gasteiger partial charge in [0.1, 0.15) is 0 Å². The lowest BCUT2D eigenvalue weighted by Crippen LogP contribution is -1.97. The molecular formula is C24H26. The summed E-state index contributed by atoms with van der Waals surface area (Å²) in [5.41, 5.74) is 2.75. The van der Waals surface area contributed by atoms with E-state index in [1.165, 1.54) is 21.9 Å². The van der Waals surface area contributed by atoms with Crippen molar-refractivity contribution < 1.29 is 0 Å². The Morgan fingerprint density at radius 2 is 1.38 bits per heavy atom. The summed E-state index contributed by atoms with van der Waals surface area (Å²) in [6.45, 7) is 10.4. The third-order valence-corrected chi connectivity index (χ3v) is 3.62. The quantitative estimate of drug-likeness (QED) is 0.468. The predicted molar refractivity (Wildman–Crippen MR) is 109 cm³/mol. The van der Waals surface area contributed by atoms with E-state index in [-0.39, 0.29) is 5.41 Å². The molecule has 0 nitrogen and oxygen atoms in total. The molecule has 0 radical (unpaired) electrons. The molecule has 0 fully saturated rings. The molecule has 0 aliphatic carbocycles. The average molecular weight is 314 g/mol. The Morgan fingerprint density at radius 1 is 0.750 bits per heavy atom. The Balaban J connectivity index is 0.000000174. The van der Waals surface area contributed by atoms with E-state index >= 15 is 0 Å². The van der Waals surface area contributed by atoms with Crippen LogP contribution >= 0.6 is 0 Å². The maximum absolute atomic E-state index is 3.78. The zero-order chi connectivity index (χ0) is 17.4. The van der Waals surface area contributed by atoms with E-state index in [1.54, 1.807) is 0 Å². The molecule has 0 bridgehead atoms. The minimum absolute atomic E-state index is 0.274. The van der Waals surface area contributed by atoms with Gasteiger partial charge in [0.25, 0.3) is 0 Å². The van der Waals surface area contributed by atoms with Gasteiger partial charge in [-0.15, -0.1) is 0 Å². The molecule has 3 aromatic carbocycles. The summed E-state index contributed by atoms with van der Waals surface area (Å²) in [6.07, 6.45) is 6.28. The summed E-state index contributed by atoms with van der Waals surface area (Å²) in [7, 11) is 0. The molecule has 3 aromatic rings. The van der Waals surface area contributed by atoms with Crippen molar-refractivity contribution in [3.63, 3.8) is 0 Å². The average Bonchev–Trinajstić information content (AvgIpc) is 2.60. The van der Waals surface area contributed by atoms with E-state index in [4.69, 9.17) is 0 Å². The van der Waals surface area contributed by atoms with E-state index in [9.17, 15) is 0 Å². The highest BCUT2D eigenvalue weighted by atomic mass is 14.1. The van der Waals surface area contributed by atoms with E-state index in [2.05, 4.69) is 106 Å². The largest absolute Gasteiger partial charge is 0.0984 e. The zero-order valence-corrected chi connectivity index (χ0v) is 14.9. The van der Waals surface area contributed by atoms with Crippen molar-refractivity contribution in [1.82, 2.24) is 0 Å². The molecule has 0 N–H and O–H groups in total. The molecule has 0 heteroatoms. The first-order chi connectivity index (χ1) is 11.5. The molecular weight excluding hydrogens is 288 g/mol. The molecule has 0 heterocycles. The van der Waals surface area contributed by atoms with Crippen LogP contribution in [0.15, 0.2) is 85.5 Å². The number of benzene rings is 3. The summed E-state index contributed by atoms with van der Waals surface area (Å²) in [6, 6.07) is 25.0. The number of hydrogen-bond donors (Lipinski definition) is 0. The smallest absolute Gasteiger partial charge is 0.0112 e. The van der Waals surface area contributed by atoms with Crippen LogP contribution in [-0.4, -0.2) is 0 Å². The number of hydrogen-bond acceptors (Lipinski definition) is 0. The SMILES string of the molecule is C=Cc1cccc2ccccc12.CC(C)(C)C=Cc1ccccc1. The highest BCUT2D eigenvalue weighted by molar-refractivity contribution is 5.90. The normalized spacial score (nSPS) is 11.1. The van der Waals surface area contributed by atoms with Crippen molar-refractivity contribution in [2.45, 2.75) is 20.8 Å². The van der Waals surface area contributed by atoms with Crippen LogP contribution in [0.5, 0.6) is 0 Å². The monoisotopic (exact) mass is 314 g/mol. The maximum atomic E-state index is 3.78. The minimum Gasteiger partial charge on any atom is -0.0984 e. The van der Waals surface area contributed by atoms with Crippen LogP contribution in [0, 0.1) is 5.41 Å². The first kappa shape index (κ1) is 17.7. The second-order valence-electron chi connectivity index (χ2n) is 6.88. The molecule has 0 aliphatic heterocycles. The van der Waals surface area contributed by atoms with Crippen molar-refractivity contribution in [2.24, 2.45) is 5.41 Å². The summed E-state index contributed by atoms with van der Waals surface area (Å²) in [4.78, 5) is 0. The van der Waals surface area contributed by atoms with Crippen LogP contribution in [0.1, 0.15) is 31.9 Å². The molecule has 0 aliphatic rings. The van der Waals surface area contributed by atoms with Gasteiger partial charge in [-0.3, -0.25) is 0 Å². The summed E-state index contributed by atoms with van der Waals surface area (Å²) >= 11 is 0. The van der Waals surface area contributed by atoms with E-state index in [0.29, 0.717) is 0 Å². The fourth-order valence-corrected chi connectivity index (χ4v) is 2.34. The highest BCUT2D eigenvalue weighted by Crippen LogP contribution is 2.19. The van der Waals surface area contributed by atoms with Crippen LogP contribution in [0.4, 0.5) is 0 Å². The molecule has 0 spiro atoms. The number of rotatable bonds is 2. The predicted octanol–water partition coefficient (Wildman–Crippen LogP) is 7.23. The van der Waals surface area contributed by atoms with Gasteiger partial charge in [-0.25, -0.2) is 0 Å². The molecule has 24 heavy (non-hydrogen) atoms. The Kier molecular flexibility index (Phi) is 6.14. The van der Waals surface area contributed by atoms with Gasteiger partial charge in [0.2, 0.25) is 0 Å². The third kappa shape index (κ3) is 5.55. The first-order valence-electron chi connectivity index (χ1n) is 8.34. The van der Waals surface area contributed by atoms with Gasteiger partial charge in [0.05, 0.1) is 0 Å². The molecule has 3 rings (SSSR count). The fraction of sp³-hybridized carbons (Fsp3) is 0.167. The second kappa shape index (κ2) is 8.31. The lowest BCUT2D eigenvalue weighted by molar-refractivity contribution is 0.547. The van der Waals surface area contributed by atoms with Gasteiger partial charge < -0.3 is 0 Å². The first-order valence-corrected chi connectivity index (χ1v) is 8.34. The van der Waals surface area contributed by atoms with Gasteiger partial charge in [0, 0.05) is 0 Å².